The number of unbranched alkanes of at least 4 members (excludes halogenated alkanes) is 1. The lowest BCUT2D eigenvalue weighted by Crippen LogP contribution is -2.62. The van der Waals surface area contributed by atoms with Gasteiger partial charge in [-0.05, 0) is 123 Å². The molecule has 4 aliphatic rings. The number of carboxylic acids is 5. The largest absolute Gasteiger partial charge is 0.480 e. The van der Waals surface area contributed by atoms with Crippen LogP contribution in [-0.4, -0.2) is 193 Å². The van der Waals surface area contributed by atoms with Gasteiger partial charge in [-0.2, -0.15) is 0 Å². The molecule has 0 aromatic heterocycles. The quantitative estimate of drug-likeness (QED) is 0.0476. The number of ether oxygens (including phenoxy) is 1. The van der Waals surface area contributed by atoms with Crippen LogP contribution in [0.1, 0.15) is 103 Å². The number of carbonyl (C=O) groups excluding carboxylic acids is 2. The molecule has 410 valence electrons. The molecule has 0 saturated heterocycles. The van der Waals surface area contributed by atoms with Crippen molar-refractivity contribution in [2.45, 2.75) is 135 Å². The monoisotopic (exact) mass is 1030 g/mol. The normalized spacial score (nSPS) is 28.8. The number of carbonyl (C=O) groups is 7. The maximum Gasteiger partial charge on any atom is 0.326 e. The molecule has 73 heavy (non-hydrogen) atoms. The summed E-state index contributed by atoms with van der Waals surface area (Å²) >= 11 is 0. The van der Waals surface area contributed by atoms with Crippen molar-refractivity contribution in [2.75, 3.05) is 65.5 Å². The van der Waals surface area contributed by atoms with E-state index in [9.17, 15) is 74.4 Å². The lowest BCUT2D eigenvalue weighted by molar-refractivity contribution is -0.207. The Balaban J connectivity index is 1.13. The Labute approximate surface area is 427 Å². The first-order valence-corrected chi connectivity index (χ1v) is 26.0. The number of rotatable bonds is 31. The van der Waals surface area contributed by atoms with Gasteiger partial charge in [0.1, 0.15) is 12.1 Å². The summed E-state index contributed by atoms with van der Waals surface area (Å²) in [7, 11) is 0. The molecular weight excluding hydrogens is 951 g/mol. The van der Waals surface area contributed by atoms with Gasteiger partial charge in [0.05, 0.1) is 57.7 Å². The molecule has 1 aromatic carbocycles. The fourth-order valence-corrected chi connectivity index (χ4v) is 13.4. The molecule has 5 unspecified atom stereocenters. The van der Waals surface area contributed by atoms with Crippen LogP contribution in [0.2, 0.25) is 0 Å². The van der Waals surface area contributed by atoms with Crippen LogP contribution in [-0.2, 0) is 44.9 Å². The number of benzene rings is 1. The smallest absolute Gasteiger partial charge is 0.326 e. The first-order valence-electron chi connectivity index (χ1n) is 26.0. The van der Waals surface area contributed by atoms with E-state index in [1.54, 1.807) is 12.1 Å². The van der Waals surface area contributed by atoms with Gasteiger partial charge in [0.25, 0.3) is 0 Å². The van der Waals surface area contributed by atoms with Gasteiger partial charge in [-0.1, -0.05) is 51.1 Å². The highest BCUT2D eigenvalue weighted by Gasteiger charge is 2.65. The summed E-state index contributed by atoms with van der Waals surface area (Å²) in [4.78, 5) is 89.9. The fraction of sp³-hybridized carbons (Fsp3) is 0.750. The molecule has 0 spiro atoms. The van der Waals surface area contributed by atoms with E-state index in [-0.39, 0.29) is 106 Å². The number of aliphatic carboxylic acids is 5. The van der Waals surface area contributed by atoms with E-state index in [0.717, 1.165) is 36.1 Å². The van der Waals surface area contributed by atoms with Crippen LogP contribution in [0.3, 0.4) is 0 Å². The molecule has 0 heterocycles. The van der Waals surface area contributed by atoms with E-state index in [1.165, 1.54) is 9.80 Å². The zero-order valence-corrected chi connectivity index (χ0v) is 42.7. The van der Waals surface area contributed by atoms with Gasteiger partial charge in [0.15, 0.2) is 0 Å². The van der Waals surface area contributed by atoms with Crippen LogP contribution in [0.5, 0.6) is 0 Å². The van der Waals surface area contributed by atoms with Crippen LogP contribution in [0.25, 0.3) is 0 Å². The van der Waals surface area contributed by atoms with E-state index in [2.05, 4.69) is 31.4 Å². The number of hydrogen-bond acceptors (Lipinski definition) is 14. The second-order valence-corrected chi connectivity index (χ2v) is 21.8. The van der Waals surface area contributed by atoms with Gasteiger partial charge in [-0.15, -0.1) is 0 Å². The zero-order valence-electron chi connectivity index (χ0n) is 42.7. The molecule has 10 N–H and O–H groups in total. The summed E-state index contributed by atoms with van der Waals surface area (Å²) in [5.41, 5.74) is 0.302. The number of aliphatic hydroxyl groups excluding tert-OH is 3. The summed E-state index contributed by atoms with van der Waals surface area (Å²) in [6.07, 6.45) is 5.15. The van der Waals surface area contributed by atoms with Crippen LogP contribution < -0.4 is 10.6 Å². The minimum atomic E-state index is -1.28. The van der Waals surface area contributed by atoms with Crippen molar-refractivity contribution in [3.05, 3.63) is 35.9 Å². The Hall–Kier alpha value is -4.77. The van der Waals surface area contributed by atoms with E-state index in [4.69, 9.17) is 4.74 Å². The van der Waals surface area contributed by atoms with Crippen molar-refractivity contribution in [3.63, 3.8) is 0 Å². The summed E-state index contributed by atoms with van der Waals surface area (Å²) in [6.45, 7) is 3.57. The Kier molecular flexibility index (Phi) is 22.0. The summed E-state index contributed by atoms with van der Waals surface area (Å²) < 4.78 is 5.90. The number of hydrogen-bond donors (Lipinski definition) is 10. The highest BCUT2D eigenvalue weighted by atomic mass is 16.5. The summed E-state index contributed by atoms with van der Waals surface area (Å²) in [5, 5.41) is 87.6. The fourth-order valence-electron chi connectivity index (χ4n) is 13.4. The predicted molar refractivity (Wildman–Crippen MR) is 264 cm³/mol. The highest BCUT2D eigenvalue weighted by Crippen LogP contribution is 2.68. The van der Waals surface area contributed by atoms with Gasteiger partial charge >= 0.3 is 29.8 Å². The molecule has 2 amide bonds. The van der Waals surface area contributed by atoms with Crippen molar-refractivity contribution in [1.29, 1.82) is 0 Å². The average molecular weight is 1030 g/mol. The standard InChI is InChI=1S/C52H81N5O16/c1-32(36-13-14-37-48-38(25-42(60)52(36,37)3)51(2)17-16-35(58)23-34(51)24-41(48)59)12-15-43(61)54-39(50(71)72)11-7-8-18-53-49(70)40(31-73-30-33-9-5-4-6-10-33)57(29-47(68)69)22-21-55(26-44(62)63)19-20-56(27-45(64)65)28-46(66)67/h4-6,9-10,32,34-42,48,58-60H,7-8,11-31H2,1-3H3,(H,53,70)(H,54,61)(H,62,63)(H,64,65)(H,66,67)(H,68,69)(H,71,72)/t32-,34+,35-,36-,37?,38?,39?,40?,41-,42+,48?,51+,52-/m1/s1. The molecule has 0 radical (unpaired) electrons. The molecular formula is C52H81N5O16. The molecule has 4 saturated carbocycles. The molecule has 0 aliphatic heterocycles. The minimum absolute atomic E-state index is 0.0427. The zero-order chi connectivity index (χ0) is 53.6. The second kappa shape index (κ2) is 27.1. The molecule has 5 rings (SSSR count). The predicted octanol–water partition coefficient (Wildman–Crippen LogP) is 2.05. The second-order valence-electron chi connectivity index (χ2n) is 21.8. The molecule has 4 fully saturated rings. The number of nitrogens with one attached hydrogen (secondary N) is 2. The van der Waals surface area contributed by atoms with Crippen molar-refractivity contribution >= 4 is 41.7 Å². The Morgan fingerprint density at radius 2 is 1.37 bits per heavy atom. The van der Waals surface area contributed by atoms with Gasteiger partial charge < -0.3 is 56.2 Å². The SMILES string of the molecule is C[C@H](CCC(=O)NC(CCCCNC(=O)C(COCc1ccccc1)N(CCN(CCN(CC(=O)O)CC(=O)O)CC(=O)O)CC(=O)O)C(=O)O)[C@H]1CCC2C3C(C[C@H](O)[C@@]21C)[C@@]1(C)CC[C@@H](O)C[C@H]1C[C@H]3O. The van der Waals surface area contributed by atoms with Crippen molar-refractivity contribution < 1.29 is 79.2 Å². The Morgan fingerprint density at radius 3 is 2.01 bits per heavy atom. The van der Waals surface area contributed by atoms with E-state index >= 15 is 0 Å². The van der Waals surface area contributed by atoms with Crippen LogP contribution in [0, 0.1) is 46.3 Å². The maximum atomic E-state index is 13.9. The minimum Gasteiger partial charge on any atom is -0.480 e. The number of fused-ring (bicyclic) bond motifs is 5. The number of aliphatic hydroxyl groups is 3. The van der Waals surface area contributed by atoms with Gasteiger partial charge in [0.2, 0.25) is 11.8 Å². The molecule has 13 atom stereocenters. The molecule has 1 aromatic rings. The van der Waals surface area contributed by atoms with Crippen LogP contribution in [0.15, 0.2) is 30.3 Å². The third kappa shape index (κ3) is 16.1. The van der Waals surface area contributed by atoms with Crippen LogP contribution >= 0.6 is 0 Å². The van der Waals surface area contributed by atoms with Gasteiger partial charge in [-0.3, -0.25) is 43.5 Å². The molecule has 21 nitrogen and oxygen atoms in total. The molecule has 21 heteroatoms. The third-order valence-electron chi connectivity index (χ3n) is 17.2. The number of nitrogens with zero attached hydrogens (tertiary/aromatic N) is 3. The first-order chi connectivity index (χ1) is 34.5. The Morgan fingerprint density at radius 1 is 0.740 bits per heavy atom. The molecule has 0 bridgehead atoms. The lowest BCUT2D eigenvalue weighted by Gasteiger charge is -2.63. The number of amides is 2. The first kappa shape index (κ1) is 59.1. The van der Waals surface area contributed by atoms with Crippen molar-refractivity contribution in [3.8, 4) is 0 Å². The van der Waals surface area contributed by atoms with Crippen LogP contribution in [0.4, 0.5) is 0 Å². The third-order valence-corrected chi connectivity index (χ3v) is 17.2. The van der Waals surface area contributed by atoms with Crippen molar-refractivity contribution in [2.24, 2.45) is 46.3 Å². The lowest BCUT2D eigenvalue weighted by atomic mass is 9.43. The maximum absolute atomic E-state index is 13.9. The van der Waals surface area contributed by atoms with Crippen molar-refractivity contribution in [1.82, 2.24) is 25.3 Å². The van der Waals surface area contributed by atoms with E-state index in [1.807, 2.05) is 18.2 Å². The van der Waals surface area contributed by atoms with Gasteiger partial charge in [-0.25, -0.2) is 4.79 Å². The van der Waals surface area contributed by atoms with Gasteiger partial charge in [0, 0.05) is 39.1 Å². The average Bonchev–Trinajstić information content (AvgIpc) is 3.68. The Bertz CT molecular complexity index is 2020. The summed E-state index contributed by atoms with van der Waals surface area (Å²) in [6, 6.07) is 6.66. The topological polar surface area (TPSA) is 324 Å². The number of carboxylic acid groups (broad SMARTS) is 5. The summed E-state index contributed by atoms with van der Waals surface area (Å²) in [5.74, 6) is -6.57. The molecule has 4 aliphatic carbocycles. The van der Waals surface area contributed by atoms with E-state index < -0.39 is 97.5 Å². The van der Waals surface area contributed by atoms with E-state index in [0.29, 0.717) is 38.5 Å². The highest BCUT2D eigenvalue weighted by molar-refractivity contribution is 5.84.